The quantitative estimate of drug-likeness (QED) is 0.874. The van der Waals surface area contributed by atoms with Crippen molar-refractivity contribution in [3.8, 4) is 16.9 Å². The Balaban J connectivity index is 2.21. The number of fused-ring (bicyclic) bond motifs is 3. The minimum atomic E-state index is -0.0466. The summed E-state index contributed by atoms with van der Waals surface area (Å²) >= 11 is 1.56. The van der Waals surface area contributed by atoms with Crippen LogP contribution in [-0.2, 0) is 12.8 Å². The van der Waals surface area contributed by atoms with Gasteiger partial charge >= 0.3 is 0 Å². The van der Waals surface area contributed by atoms with Crippen LogP contribution in [0.1, 0.15) is 34.6 Å². The number of hydrogen-bond acceptors (Lipinski definition) is 4. The fourth-order valence-corrected chi connectivity index (χ4v) is 3.98. The largest absolute Gasteiger partial charge is 0.497 e. The van der Waals surface area contributed by atoms with E-state index in [2.05, 4.69) is 12.1 Å². The van der Waals surface area contributed by atoms with Crippen LogP contribution in [0.3, 0.4) is 0 Å². The first-order chi connectivity index (χ1) is 10.0. The fraction of sp³-hybridized carbons (Fsp3) is 0.353. The van der Waals surface area contributed by atoms with E-state index in [4.69, 9.17) is 10.5 Å². The summed E-state index contributed by atoms with van der Waals surface area (Å²) in [4.78, 5) is 13.8. The third kappa shape index (κ3) is 2.23. The summed E-state index contributed by atoms with van der Waals surface area (Å²) in [5.41, 5.74) is 10.3. The smallest absolute Gasteiger partial charge is 0.168 e. The van der Waals surface area contributed by atoms with E-state index in [0.717, 1.165) is 35.3 Å². The van der Waals surface area contributed by atoms with Crippen molar-refractivity contribution in [1.29, 1.82) is 0 Å². The monoisotopic (exact) mass is 301 g/mol. The number of ether oxygens (including phenoxy) is 1. The topological polar surface area (TPSA) is 52.3 Å². The Morgan fingerprint density at radius 2 is 2.10 bits per heavy atom. The average Bonchev–Trinajstić information content (AvgIpc) is 2.81. The van der Waals surface area contributed by atoms with Gasteiger partial charge in [0, 0.05) is 16.4 Å². The van der Waals surface area contributed by atoms with E-state index in [0.29, 0.717) is 5.00 Å². The third-order valence-corrected chi connectivity index (χ3v) is 5.06. The number of rotatable bonds is 3. The van der Waals surface area contributed by atoms with Gasteiger partial charge in [0.2, 0.25) is 0 Å². The molecule has 1 heterocycles. The minimum absolute atomic E-state index is 0.0466. The molecule has 0 bridgehead atoms. The van der Waals surface area contributed by atoms with Gasteiger partial charge in [-0.3, -0.25) is 4.79 Å². The van der Waals surface area contributed by atoms with Crippen molar-refractivity contribution in [2.75, 3.05) is 12.8 Å². The second-order valence-corrected chi connectivity index (χ2v) is 6.82. The van der Waals surface area contributed by atoms with Gasteiger partial charge in [0.05, 0.1) is 17.7 Å². The molecule has 0 spiro atoms. The molecular weight excluding hydrogens is 282 g/mol. The standard InChI is InChI=1S/C17H19NO2S/c1-9(2)16(19)15-14-12-6-5-11(20-3)8-10(12)4-7-13(14)21-17(15)18/h5-6,8-9H,4,7,18H2,1-3H3. The summed E-state index contributed by atoms with van der Waals surface area (Å²) in [7, 11) is 1.67. The van der Waals surface area contributed by atoms with Crippen LogP contribution < -0.4 is 10.5 Å². The molecule has 1 aliphatic rings. The molecule has 2 aromatic rings. The predicted octanol–water partition coefficient (Wildman–Crippen LogP) is 3.94. The van der Waals surface area contributed by atoms with Crippen molar-refractivity contribution >= 4 is 22.1 Å². The lowest BCUT2D eigenvalue weighted by molar-refractivity contribution is 0.0941. The first kappa shape index (κ1) is 14.1. The number of nitrogens with two attached hydrogens (primary N) is 1. The van der Waals surface area contributed by atoms with Crippen molar-refractivity contribution in [2.24, 2.45) is 5.92 Å². The van der Waals surface area contributed by atoms with E-state index in [1.165, 1.54) is 10.4 Å². The number of aryl methyl sites for hydroxylation is 2. The molecule has 3 nitrogen and oxygen atoms in total. The van der Waals surface area contributed by atoms with Gasteiger partial charge in [0.15, 0.2) is 5.78 Å². The zero-order valence-corrected chi connectivity index (χ0v) is 13.3. The van der Waals surface area contributed by atoms with Gasteiger partial charge in [0.25, 0.3) is 0 Å². The number of nitrogen functional groups attached to an aromatic ring is 1. The van der Waals surface area contributed by atoms with Gasteiger partial charge in [-0.05, 0) is 36.1 Å². The van der Waals surface area contributed by atoms with E-state index in [9.17, 15) is 4.79 Å². The van der Waals surface area contributed by atoms with E-state index in [1.807, 2.05) is 19.9 Å². The number of thiophene rings is 1. The SMILES string of the molecule is COc1ccc2c(c1)CCc1sc(N)c(C(=O)C(C)C)c1-2. The molecule has 21 heavy (non-hydrogen) atoms. The molecular formula is C17H19NO2S. The van der Waals surface area contributed by atoms with Gasteiger partial charge in [-0.1, -0.05) is 19.9 Å². The molecule has 0 saturated heterocycles. The Hall–Kier alpha value is -1.81. The number of methoxy groups -OCH3 is 1. The molecule has 2 N–H and O–H groups in total. The van der Waals surface area contributed by atoms with Crippen LogP contribution in [0.4, 0.5) is 5.00 Å². The first-order valence-electron chi connectivity index (χ1n) is 7.15. The molecule has 0 saturated carbocycles. The number of carbonyl (C=O) groups excluding carboxylic acids is 1. The van der Waals surface area contributed by atoms with Crippen molar-refractivity contribution in [2.45, 2.75) is 26.7 Å². The van der Waals surface area contributed by atoms with Crippen molar-refractivity contribution < 1.29 is 9.53 Å². The second-order valence-electron chi connectivity index (χ2n) is 5.68. The summed E-state index contributed by atoms with van der Waals surface area (Å²) in [6.45, 7) is 3.84. The summed E-state index contributed by atoms with van der Waals surface area (Å²) < 4.78 is 5.30. The number of hydrogen-bond donors (Lipinski definition) is 1. The molecule has 0 amide bonds. The molecule has 110 valence electrons. The Morgan fingerprint density at radius 1 is 1.33 bits per heavy atom. The van der Waals surface area contributed by atoms with Gasteiger partial charge < -0.3 is 10.5 Å². The van der Waals surface area contributed by atoms with Crippen molar-refractivity contribution in [3.63, 3.8) is 0 Å². The summed E-state index contributed by atoms with van der Waals surface area (Å²) in [5.74, 6) is 0.945. The molecule has 0 unspecified atom stereocenters. The van der Waals surface area contributed by atoms with Crippen LogP contribution in [0.15, 0.2) is 18.2 Å². The van der Waals surface area contributed by atoms with Gasteiger partial charge in [0.1, 0.15) is 5.75 Å². The highest BCUT2D eigenvalue weighted by Gasteiger charge is 2.28. The van der Waals surface area contributed by atoms with Gasteiger partial charge in [-0.2, -0.15) is 0 Å². The fourth-order valence-electron chi connectivity index (χ4n) is 2.89. The van der Waals surface area contributed by atoms with Crippen LogP contribution in [0.25, 0.3) is 11.1 Å². The Bertz CT molecular complexity index is 716. The second kappa shape index (κ2) is 5.19. The normalized spacial score (nSPS) is 13.0. The van der Waals surface area contributed by atoms with Crippen molar-refractivity contribution in [1.82, 2.24) is 0 Å². The van der Waals surface area contributed by atoms with Crippen LogP contribution in [0.5, 0.6) is 5.75 Å². The highest BCUT2D eigenvalue weighted by Crippen LogP contribution is 2.45. The summed E-state index contributed by atoms with van der Waals surface area (Å²) in [6.07, 6.45) is 1.91. The number of carbonyl (C=O) groups is 1. The molecule has 1 aromatic heterocycles. The zero-order valence-electron chi connectivity index (χ0n) is 12.5. The third-order valence-electron chi connectivity index (χ3n) is 3.98. The average molecular weight is 301 g/mol. The number of benzene rings is 1. The summed E-state index contributed by atoms with van der Waals surface area (Å²) in [6, 6.07) is 6.07. The van der Waals surface area contributed by atoms with Crippen LogP contribution in [0.2, 0.25) is 0 Å². The molecule has 1 aromatic carbocycles. The molecule has 4 heteroatoms. The first-order valence-corrected chi connectivity index (χ1v) is 7.97. The van der Waals surface area contributed by atoms with E-state index in [-0.39, 0.29) is 11.7 Å². The van der Waals surface area contributed by atoms with E-state index < -0.39 is 0 Å². The van der Waals surface area contributed by atoms with Crippen LogP contribution in [0, 0.1) is 5.92 Å². The zero-order chi connectivity index (χ0) is 15.1. The van der Waals surface area contributed by atoms with Crippen LogP contribution in [-0.4, -0.2) is 12.9 Å². The molecule has 0 atom stereocenters. The van der Waals surface area contributed by atoms with Gasteiger partial charge in [-0.25, -0.2) is 0 Å². The number of Topliss-reactive ketones (excluding diaryl/α,β-unsaturated/α-hetero) is 1. The maximum atomic E-state index is 12.5. The van der Waals surface area contributed by atoms with Gasteiger partial charge in [-0.15, -0.1) is 11.3 Å². The number of anilines is 1. The maximum Gasteiger partial charge on any atom is 0.168 e. The Labute approximate surface area is 128 Å². The summed E-state index contributed by atoms with van der Waals surface area (Å²) in [5, 5.41) is 0.655. The number of ketones is 1. The molecule has 3 rings (SSSR count). The lowest BCUT2D eigenvalue weighted by atomic mass is 9.85. The molecule has 0 fully saturated rings. The predicted molar refractivity (Wildman–Crippen MR) is 87.3 cm³/mol. The van der Waals surface area contributed by atoms with Crippen LogP contribution >= 0.6 is 11.3 Å². The highest BCUT2D eigenvalue weighted by molar-refractivity contribution is 7.17. The molecule has 1 aliphatic carbocycles. The Morgan fingerprint density at radius 3 is 2.76 bits per heavy atom. The molecule has 0 radical (unpaired) electrons. The minimum Gasteiger partial charge on any atom is -0.497 e. The lowest BCUT2D eigenvalue weighted by Crippen LogP contribution is -2.12. The van der Waals surface area contributed by atoms with E-state index in [1.54, 1.807) is 18.4 Å². The Kier molecular flexibility index (Phi) is 3.49. The van der Waals surface area contributed by atoms with E-state index >= 15 is 0 Å². The lowest BCUT2D eigenvalue weighted by Gasteiger charge is -2.19. The highest BCUT2D eigenvalue weighted by atomic mass is 32.1. The maximum absolute atomic E-state index is 12.5. The molecule has 0 aliphatic heterocycles. The van der Waals surface area contributed by atoms with Crippen molar-refractivity contribution in [3.05, 3.63) is 34.2 Å².